The monoisotopic (exact) mass is 405 g/mol. The summed E-state index contributed by atoms with van der Waals surface area (Å²) >= 11 is 12.0. The number of hydrogen-bond donors (Lipinski definition) is 1. The molecule has 2 aromatic rings. The largest absolute Gasteiger partial charge is 0.386 e. The molecule has 0 radical (unpaired) electrons. The van der Waals surface area contributed by atoms with Crippen LogP contribution in [0.3, 0.4) is 0 Å². The van der Waals surface area contributed by atoms with Gasteiger partial charge in [0.1, 0.15) is 5.78 Å². The Morgan fingerprint density at radius 3 is 2.41 bits per heavy atom. The quantitative estimate of drug-likeness (QED) is 0.816. The summed E-state index contributed by atoms with van der Waals surface area (Å²) in [7, 11) is 0. The van der Waals surface area contributed by atoms with Crippen LogP contribution in [0.25, 0.3) is 0 Å². The fourth-order valence-electron chi connectivity index (χ4n) is 3.57. The molecule has 4 nitrogen and oxygen atoms in total. The Morgan fingerprint density at radius 2 is 1.78 bits per heavy atom. The summed E-state index contributed by atoms with van der Waals surface area (Å²) < 4.78 is 0. The van der Waals surface area contributed by atoms with Gasteiger partial charge < -0.3 is 10.0 Å². The molecule has 3 rings (SSSR count). The number of likely N-dealkylation sites (tertiary alicyclic amines) is 1. The highest BCUT2D eigenvalue weighted by Crippen LogP contribution is 2.32. The summed E-state index contributed by atoms with van der Waals surface area (Å²) in [4.78, 5) is 26.8. The Balaban J connectivity index is 1.93. The predicted octanol–water partition coefficient (Wildman–Crippen LogP) is 4.52. The number of rotatable bonds is 3. The number of carbonyl (C=O) groups is 2. The molecule has 1 saturated heterocycles. The van der Waals surface area contributed by atoms with E-state index >= 15 is 0 Å². The van der Waals surface area contributed by atoms with Gasteiger partial charge in [-0.25, -0.2) is 0 Å². The molecule has 1 N–H and O–H groups in total. The second-order valence-corrected chi connectivity index (χ2v) is 7.87. The molecule has 1 heterocycles. The number of Topliss-reactive ketones (excluding diaryl/α,β-unsaturated/α-hetero) is 1. The fraction of sp³-hybridized carbons (Fsp3) is 0.333. The molecule has 1 aliphatic rings. The Morgan fingerprint density at radius 1 is 1.11 bits per heavy atom. The smallest absolute Gasteiger partial charge is 0.254 e. The number of benzene rings is 2. The molecule has 6 heteroatoms. The van der Waals surface area contributed by atoms with Crippen LogP contribution in [0.4, 0.5) is 0 Å². The van der Waals surface area contributed by atoms with Crippen LogP contribution in [0.1, 0.15) is 46.0 Å². The number of nitrogens with zero attached hydrogens (tertiary/aromatic N) is 1. The van der Waals surface area contributed by atoms with Crippen molar-refractivity contribution < 1.29 is 14.7 Å². The van der Waals surface area contributed by atoms with Gasteiger partial charge in [0.05, 0.1) is 22.2 Å². The summed E-state index contributed by atoms with van der Waals surface area (Å²) in [6.45, 7) is 4.16. The van der Waals surface area contributed by atoms with Crippen molar-refractivity contribution in [3.05, 3.63) is 68.7 Å². The lowest BCUT2D eigenvalue weighted by Crippen LogP contribution is -2.49. The standard InChI is InChI=1S/C21H21Cl2NO3/c1-12-7-13(2)9-15(8-12)21(27)24-6-5-16(25)11-19(24)20(26)14-3-4-17(22)18(23)10-14/h3-4,7-10,19-20,26H,5-6,11H2,1-2H3. The fourth-order valence-corrected chi connectivity index (χ4v) is 3.88. The number of carbonyl (C=O) groups excluding carboxylic acids is 2. The maximum absolute atomic E-state index is 13.1. The number of aryl methyl sites for hydroxylation is 2. The Bertz CT molecular complexity index is 877. The lowest BCUT2D eigenvalue weighted by atomic mass is 9.91. The zero-order chi connectivity index (χ0) is 19.7. The summed E-state index contributed by atoms with van der Waals surface area (Å²) in [5.41, 5.74) is 3.08. The topological polar surface area (TPSA) is 57.6 Å². The van der Waals surface area contributed by atoms with Crippen LogP contribution in [0.15, 0.2) is 36.4 Å². The highest BCUT2D eigenvalue weighted by atomic mass is 35.5. The van der Waals surface area contributed by atoms with E-state index in [0.29, 0.717) is 27.6 Å². The first-order valence-corrected chi connectivity index (χ1v) is 9.56. The summed E-state index contributed by atoms with van der Waals surface area (Å²) in [6, 6.07) is 9.85. The first kappa shape index (κ1) is 19.9. The van der Waals surface area contributed by atoms with Gasteiger partial charge in [-0.1, -0.05) is 46.5 Å². The number of aliphatic hydroxyl groups is 1. The molecule has 0 spiro atoms. The van der Waals surface area contributed by atoms with E-state index in [1.165, 1.54) is 0 Å². The summed E-state index contributed by atoms with van der Waals surface area (Å²) in [5, 5.41) is 11.6. The van der Waals surface area contributed by atoms with Gasteiger partial charge in [0.2, 0.25) is 0 Å². The molecule has 27 heavy (non-hydrogen) atoms. The van der Waals surface area contributed by atoms with Crippen molar-refractivity contribution in [2.75, 3.05) is 6.54 Å². The lowest BCUT2D eigenvalue weighted by molar-refractivity contribution is -0.124. The summed E-state index contributed by atoms with van der Waals surface area (Å²) in [5.74, 6) is -0.151. The minimum absolute atomic E-state index is 0.0311. The molecular weight excluding hydrogens is 385 g/mol. The van der Waals surface area contributed by atoms with Crippen molar-refractivity contribution in [1.82, 2.24) is 4.90 Å². The van der Waals surface area contributed by atoms with Crippen molar-refractivity contribution in [3.63, 3.8) is 0 Å². The van der Waals surface area contributed by atoms with E-state index in [1.807, 2.05) is 32.0 Å². The van der Waals surface area contributed by atoms with E-state index < -0.39 is 12.1 Å². The molecular formula is C21H21Cl2NO3. The third-order valence-electron chi connectivity index (χ3n) is 4.85. The third kappa shape index (κ3) is 4.34. The molecule has 0 aliphatic carbocycles. The van der Waals surface area contributed by atoms with Gasteiger partial charge in [-0.15, -0.1) is 0 Å². The lowest BCUT2D eigenvalue weighted by Gasteiger charge is -2.38. The van der Waals surface area contributed by atoms with E-state index in [-0.39, 0.29) is 24.7 Å². The van der Waals surface area contributed by atoms with Gasteiger partial charge in [-0.3, -0.25) is 9.59 Å². The molecule has 1 fully saturated rings. The Hall–Kier alpha value is -1.88. The average Bonchev–Trinajstić information content (AvgIpc) is 2.62. The van der Waals surface area contributed by atoms with Crippen molar-refractivity contribution in [1.29, 1.82) is 0 Å². The zero-order valence-corrected chi connectivity index (χ0v) is 16.7. The van der Waals surface area contributed by atoms with Gasteiger partial charge in [-0.2, -0.15) is 0 Å². The van der Waals surface area contributed by atoms with Crippen LogP contribution in [-0.2, 0) is 4.79 Å². The van der Waals surface area contributed by atoms with E-state index in [9.17, 15) is 14.7 Å². The van der Waals surface area contributed by atoms with Gasteiger partial charge in [0, 0.05) is 24.9 Å². The Kier molecular flexibility index (Phi) is 5.89. The summed E-state index contributed by atoms with van der Waals surface area (Å²) in [6.07, 6.45) is -0.627. The molecule has 1 amide bonds. The second-order valence-electron chi connectivity index (χ2n) is 7.05. The highest BCUT2D eigenvalue weighted by Gasteiger charge is 2.36. The number of hydrogen-bond acceptors (Lipinski definition) is 3. The number of halogens is 2. The van der Waals surface area contributed by atoms with Crippen LogP contribution in [0.2, 0.25) is 10.0 Å². The van der Waals surface area contributed by atoms with Crippen molar-refractivity contribution in [2.24, 2.45) is 0 Å². The first-order chi connectivity index (χ1) is 12.8. The molecule has 0 bridgehead atoms. The number of aliphatic hydroxyl groups excluding tert-OH is 1. The van der Waals surface area contributed by atoms with Gasteiger partial charge in [0.25, 0.3) is 5.91 Å². The van der Waals surface area contributed by atoms with E-state index in [4.69, 9.17) is 23.2 Å². The Labute approximate surface area is 168 Å². The minimum atomic E-state index is -1.03. The van der Waals surface area contributed by atoms with Crippen LogP contribution in [0.5, 0.6) is 0 Å². The van der Waals surface area contributed by atoms with Crippen LogP contribution in [0, 0.1) is 13.8 Å². The van der Waals surface area contributed by atoms with Crippen LogP contribution in [-0.4, -0.2) is 34.3 Å². The molecule has 1 aliphatic heterocycles. The van der Waals surface area contributed by atoms with E-state index in [2.05, 4.69) is 0 Å². The average molecular weight is 406 g/mol. The maximum atomic E-state index is 13.1. The van der Waals surface area contributed by atoms with Crippen LogP contribution < -0.4 is 0 Å². The van der Waals surface area contributed by atoms with Gasteiger partial charge in [-0.05, 0) is 43.7 Å². The number of amides is 1. The van der Waals surface area contributed by atoms with Crippen molar-refractivity contribution in [3.8, 4) is 0 Å². The molecule has 2 atom stereocenters. The molecule has 142 valence electrons. The molecule has 0 aromatic heterocycles. The zero-order valence-electron chi connectivity index (χ0n) is 15.2. The molecule has 2 aromatic carbocycles. The minimum Gasteiger partial charge on any atom is -0.386 e. The van der Waals surface area contributed by atoms with E-state index in [1.54, 1.807) is 23.1 Å². The van der Waals surface area contributed by atoms with Gasteiger partial charge >= 0.3 is 0 Å². The third-order valence-corrected chi connectivity index (χ3v) is 5.59. The molecule has 2 unspecified atom stereocenters. The van der Waals surface area contributed by atoms with Crippen molar-refractivity contribution in [2.45, 2.75) is 38.8 Å². The first-order valence-electron chi connectivity index (χ1n) is 8.80. The SMILES string of the molecule is Cc1cc(C)cc(C(=O)N2CCC(=O)CC2C(O)c2ccc(Cl)c(Cl)c2)c1. The highest BCUT2D eigenvalue weighted by molar-refractivity contribution is 6.42. The number of ketones is 1. The number of piperidine rings is 1. The maximum Gasteiger partial charge on any atom is 0.254 e. The van der Waals surface area contributed by atoms with Gasteiger partial charge in [0.15, 0.2) is 0 Å². The van der Waals surface area contributed by atoms with E-state index in [0.717, 1.165) is 11.1 Å². The predicted molar refractivity (Wildman–Crippen MR) is 106 cm³/mol. The normalized spacial score (nSPS) is 18.5. The molecule has 0 saturated carbocycles. The second kappa shape index (κ2) is 8.01. The van der Waals surface area contributed by atoms with Crippen molar-refractivity contribution >= 4 is 34.9 Å². The van der Waals surface area contributed by atoms with Crippen LogP contribution >= 0.6 is 23.2 Å².